The van der Waals surface area contributed by atoms with Crippen LogP contribution in [0.1, 0.15) is 50.2 Å². The largest absolute Gasteiger partial charge is 0.352 e. The zero-order chi connectivity index (χ0) is 26.5. The molecule has 3 rings (SSSR count). The van der Waals surface area contributed by atoms with Gasteiger partial charge in [0.1, 0.15) is 6.04 Å². The summed E-state index contributed by atoms with van der Waals surface area (Å²) in [5.74, 6) is -0.713. The Balaban J connectivity index is 1.86. The lowest BCUT2D eigenvalue weighted by atomic mass is 10.1. The van der Waals surface area contributed by atoms with Crippen molar-refractivity contribution in [1.29, 1.82) is 0 Å². The van der Waals surface area contributed by atoms with Gasteiger partial charge in [0, 0.05) is 19.6 Å². The number of aryl methyl sites for hydroxylation is 1. The van der Waals surface area contributed by atoms with Crippen LogP contribution in [0.5, 0.6) is 0 Å². The predicted molar refractivity (Wildman–Crippen MR) is 142 cm³/mol. The Labute approximate surface area is 223 Å². The molecule has 0 saturated heterocycles. The highest BCUT2D eigenvalue weighted by molar-refractivity contribution is 7.89. The predicted octanol–water partition coefficient (Wildman–Crippen LogP) is 4.79. The second kappa shape index (κ2) is 12.4. The van der Waals surface area contributed by atoms with Gasteiger partial charge in [0.25, 0.3) is 0 Å². The zero-order valence-corrected chi connectivity index (χ0v) is 23.2. The topological polar surface area (TPSA) is 86.8 Å². The first kappa shape index (κ1) is 28.4. The molecule has 1 fully saturated rings. The first-order valence-corrected chi connectivity index (χ1v) is 14.3. The van der Waals surface area contributed by atoms with Gasteiger partial charge in [-0.05, 0) is 56.0 Å². The molecule has 7 nitrogen and oxygen atoms in total. The summed E-state index contributed by atoms with van der Waals surface area (Å²) in [4.78, 5) is 28.3. The lowest BCUT2D eigenvalue weighted by Crippen LogP contribution is -2.53. The van der Waals surface area contributed by atoms with E-state index < -0.39 is 28.5 Å². The SMILES string of the molecule is CCC(C(=O)NC1CCCC1)N(Cc1ccc(Cl)c(Cl)c1)C(=O)CN(C)S(=O)(=O)c1ccc(C)cc1. The molecule has 0 spiro atoms. The third-order valence-electron chi connectivity index (χ3n) is 6.51. The van der Waals surface area contributed by atoms with Crippen molar-refractivity contribution in [1.82, 2.24) is 14.5 Å². The average molecular weight is 555 g/mol. The molecule has 1 aliphatic carbocycles. The molecular weight excluding hydrogens is 521 g/mol. The normalized spacial score (nSPS) is 15.2. The van der Waals surface area contributed by atoms with Crippen molar-refractivity contribution in [2.45, 2.75) is 69.5 Å². The molecule has 196 valence electrons. The Hall–Kier alpha value is -2.13. The highest BCUT2D eigenvalue weighted by Crippen LogP contribution is 2.25. The Morgan fingerprint density at radius 2 is 1.69 bits per heavy atom. The minimum absolute atomic E-state index is 0.0880. The maximum atomic E-state index is 13.6. The zero-order valence-electron chi connectivity index (χ0n) is 20.8. The van der Waals surface area contributed by atoms with Crippen LogP contribution < -0.4 is 5.32 Å². The van der Waals surface area contributed by atoms with Gasteiger partial charge in [-0.1, -0.05) is 66.7 Å². The van der Waals surface area contributed by atoms with Gasteiger partial charge in [0.15, 0.2) is 0 Å². The van der Waals surface area contributed by atoms with Crippen LogP contribution in [0.4, 0.5) is 0 Å². The number of nitrogens with one attached hydrogen (secondary N) is 1. The van der Waals surface area contributed by atoms with Crippen molar-refractivity contribution in [3.05, 3.63) is 63.6 Å². The number of likely N-dealkylation sites (N-methyl/N-ethyl adjacent to an activating group) is 1. The van der Waals surface area contributed by atoms with Crippen LogP contribution in [-0.4, -0.2) is 55.1 Å². The standard InChI is InChI=1S/C26H33Cl2N3O4S/c1-4-24(26(33)29-20-7-5-6-8-20)31(16-19-11-14-22(27)23(28)15-19)25(32)17-30(3)36(34,35)21-12-9-18(2)10-13-21/h9-15,20,24H,4-8,16-17H2,1-3H3,(H,29,33). The number of sulfonamides is 1. The van der Waals surface area contributed by atoms with Crippen molar-refractivity contribution < 1.29 is 18.0 Å². The minimum atomic E-state index is -3.89. The lowest BCUT2D eigenvalue weighted by molar-refractivity contribution is -0.141. The molecule has 2 aromatic rings. The molecule has 1 aliphatic rings. The van der Waals surface area contributed by atoms with Crippen LogP contribution in [0.25, 0.3) is 0 Å². The molecule has 2 amide bonds. The van der Waals surface area contributed by atoms with Gasteiger partial charge in [-0.2, -0.15) is 4.31 Å². The summed E-state index contributed by atoms with van der Waals surface area (Å²) in [5.41, 5.74) is 1.62. The van der Waals surface area contributed by atoms with Crippen LogP contribution >= 0.6 is 23.2 Å². The third-order valence-corrected chi connectivity index (χ3v) is 9.07. The lowest BCUT2D eigenvalue weighted by Gasteiger charge is -2.32. The summed E-state index contributed by atoms with van der Waals surface area (Å²) in [6.45, 7) is 3.38. The highest BCUT2D eigenvalue weighted by Gasteiger charge is 2.33. The minimum Gasteiger partial charge on any atom is -0.352 e. The van der Waals surface area contributed by atoms with E-state index in [9.17, 15) is 18.0 Å². The number of carbonyl (C=O) groups is 2. The number of benzene rings is 2. The number of hydrogen-bond donors (Lipinski definition) is 1. The number of amides is 2. The number of rotatable bonds is 10. The molecule has 0 radical (unpaired) electrons. The molecule has 0 aromatic heterocycles. The van der Waals surface area contributed by atoms with Gasteiger partial charge in [0.2, 0.25) is 21.8 Å². The number of carbonyl (C=O) groups excluding carboxylic acids is 2. The monoisotopic (exact) mass is 553 g/mol. The van der Waals surface area contributed by atoms with Crippen LogP contribution in [0.15, 0.2) is 47.4 Å². The van der Waals surface area contributed by atoms with E-state index in [2.05, 4.69) is 5.32 Å². The molecule has 0 heterocycles. The summed E-state index contributed by atoms with van der Waals surface area (Å²) in [5, 5.41) is 3.79. The number of halogens is 2. The number of nitrogens with zero attached hydrogens (tertiary/aromatic N) is 2. The molecule has 2 aromatic carbocycles. The fourth-order valence-corrected chi connectivity index (χ4v) is 5.82. The molecule has 1 N–H and O–H groups in total. The van der Waals surface area contributed by atoms with Crippen LogP contribution in [-0.2, 0) is 26.2 Å². The van der Waals surface area contributed by atoms with Gasteiger partial charge < -0.3 is 10.2 Å². The van der Waals surface area contributed by atoms with E-state index in [4.69, 9.17) is 23.2 Å². The Bertz CT molecular complexity index is 1180. The Morgan fingerprint density at radius 1 is 1.06 bits per heavy atom. The first-order chi connectivity index (χ1) is 17.0. The third kappa shape index (κ3) is 7.00. The maximum Gasteiger partial charge on any atom is 0.243 e. The van der Waals surface area contributed by atoms with Crippen molar-refractivity contribution >= 4 is 45.0 Å². The van der Waals surface area contributed by atoms with E-state index in [-0.39, 0.29) is 23.4 Å². The van der Waals surface area contributed by atoms with Crippen molar-refractivity contribution in [3.8, 4) is 0 Å². The van der Waals surface area contributed by atoms with E-state index in [1.807, 2.05) is 13.8 Å². The average Bonchev–Trinajstić information content (AvgIpc) is 3.34. The highest BCUT2D eigenvalue weighted by atomic mass is 35.5. The summed E-state index contributed by atoms with van der Waals surface area (Å²) in [6, 6.07) is 10.8. The van der Waals surface area contributed by atoms with E-state index in [0.717, 1.165) is 35.6 Å². The molecular formula is C26H33Cl2N3O4S. The quantitative estimate of drug-likeness (QED) is 0.458. The summed E-state index contributed by atoms with van der Waals surface area (Å²) >= 11 is 12.2. The second-order valence-corrected chi connectivity index (χ2v) is 12.1. The van der Waals surface area contributed by atoms with Gasteiger partial charge in [-0.15, -0.1) is 0 Å². The van der Waals surface area contributed by atoms with Crippen LogP contribution in [0.2, 0.25) is 10.0 Å². The molecule has 1 atom stereocenters. The number of hydrogen-bond acceptors (Lipinski definition) is 4. The van der Waals surface area contributed by atoms with Crippen LogP contribution in [0.3, 0.4) is 0 Å². The van der Waals surface area contributed by atoms with Gasteiger partial charge in [-0.3, -0.25) is 9.59 Å². The van der Waals surface area contributed by atoms with Crippen molar-refractivity contribution in [2.75, 3.05) is 13.6 Å². The van der Waals surface area contributed by atoms with E-state index in [1.54, 1.807) is 30.3 Å². The molecule has 1 unspecified atom stereocenters. The molecule has 10 heteroatoms. The Kier molecular flexibility index (Phi) is 9.80. The van der Waals surface area contributed by atoms with E-state index >= 15 is 0 Å². The fourth-order valence-electron chi connectivity index (χ4n) is 4.38. The summed E-state index contributed by atoms with van der Waals surface area (Å²) < 4.78 is 27.2. The Morgan fingerprint density at radius 3 is 2.28 bits per heavy atom. The summed E-state index contributed by atoms with van der Waals surface area (Å²) in [6.07, 6.45) is 4.34. The second-order valence-electron chi connectivity index (χ2n) is 9.26. The first-order valence-electron chi connectivity index (χ1n) is 12.1. The van der Waals surface area contributed by atoms with Gasteiger partial charge >= 0.3 is 0 Å². The molecule has 1 saturated carbocycles. The molecule has 0 aliphatic heterocycles. The van der Waals surface area contributed by atoms with Crippen LogP contribution in [0, 0.1) is 6.92 Å². The van der Waals surface area contributed by atoms with Gasteiger partial charge in [-0.25, -0.2) is 8.42 Å². The van der Waals surface area contributed by atoms with Gasteiger partial charge in [0.05, 0.1) is 21.5 Å². The smallest absolute Gasteiger partial charge is 0.243 e. The molecule has 36 heavy (non-hydrogen) atoms. The van der Waals surface area contributed by atoms with Crippen molar-refractivity contribution in [2.24, 2.45) is 0 Å². The maximum absolute atomic E-state index is 13.6. The summed E-state index contributed by atoms with van der Waals surface area (Å²) in [7, 11) is -2.53. The van der Waals surface area contributed by atoms with E-state index in [0.29, 0.717) is 22.0 Å². The van der Waals surface area contributed by atoms with E-state index in [1.165, 1.54) is 24.1 Å². The molecule has 0 bridgehead atoms. The fraction of sp³-hybridized carbons (Fsp3) is 0.462. The van der Waals surface area contributed by atoms with Crippen molar-refractivity contribution in [3.63, 3.8) is 0 Å².